The molecular formula is C30H37N5O7. The summed E-state index contributed by atoms with van der Waals surface area (Å²) in [6.07, 6.45) is 2.20. The van der Waals surface area contributed by atoms with E-state index >= 15 is 0 Å². The van der Waals surface area contributed by atoms with Gasteiger partial charge in [-0.1, -0.05) is 38.1 Å². The molecule has 0 spiro atoms. The van der Waals surface area contributed by atoms with Crippen LogP contribution >= 0.6 is 0 Å². The number of aromatic nitrogens is 2. The molecule has 224 valence electrons. The molecule has 12 nitrogen and oxygen atoms in total. The number of carboxylic acid groups (broad SMARTS) is 1. The minimum Gasteiger partial charge on any atom is -0.464 e. The van der Waals surface area contributed by atoms with Crippen molar-refractivity contribution in [1.82, 2.24) is 19.4 Å². The molecule has 0 saturated carbocycles. The predicted octanol–water partition coefficient (Wildman–Crippen LogP) is 3.66. The fourth-order valence-corrected chi connectivity index (χ4v) is 4.48. The van der Waals surface area contributed by atoms with Crippen molar-refractivity contribution in [3.05, 3.63) is 76.4 Å². The van der Waals surface area contributed by atoms with E-state index in [1.54, 1.807) is 32.3 Å². The summed E-state index contributed by atoms with van der Waals surface area (Å²) in [5, 5.41) is 15.6. The van der Waals surface area contributed by atoms with Gasteiger partial charge in [0, 0.05) is 32.7 Å². The van der Waals surface area contributed by atoms with Gasteiger partial charge in [-0.15, -0.1) is 0 Å². The van der Waals surface area contributed by atoms with Crippen LogP contribution < -0.4 is 16.2 Å². The van der Waals surface area contributed by atoms with Crippen LogP contribution in [0.15, 0.2) is 59.5 Å². The highest BCUT2D eigenvalue weighted by atomic mass is 16.6. The second-order valence-corrected chi connectivity index (χ2v) is 10.4. The molecule has 0 aliphatic carbocycles. The number of hydrogen-bond donors (Lipinski definition) is 3. The van der Waals surface area contributed by atoms with Crippen molar-refractivity contribution < 1.29 is 29.0 Å². The van der Waals surface area contributed by atoms with Crippen LogP contribution in [-0.4, -0.2) is 70.4 Å². The molecule has 1 atom stereocenters. The molecule has 0 aliphatic heterocycles. The number of nitrogens with one attached hydrogen (secondary N) is 2. The van der Waals surface area contributed by atoms with E-state index in [4.69, 9.17) is 4.74 Å². The van der Waals surface area contributed by atoms with Gasteiger partial charge in [-0.3, -0.25) is 14.4 Å². The highest BCUT2D eigenvalue weighted by molar-refractivity contribution is 5.95. The van der Waals surface area contributed by atoms with Crippen molar-refractivity contribution in [2.75, 3.05) is 26.5 Å². The molecule has 0 saturated heterocycles. The highest BCUT2D eigenvalue weighted by Gasteiger charge is 2.24. The summed E-state index contributed by atoms with van der Waals surface area (Å²) in [4.78, 5) is 63.7. The van der Waals surface area contributed by atoms with E-state index in [0.717, 1.165) is 10.9 Å². The average Bonchev–Trinajstić information content (AvgIpc) is 3.31. The van der Waals surface area contributed by atoms with E-state index in [1.807, 2.05) is 18.2 Å². The zero-order valence-corrected chi connectivity index (χ0v) is 24.4. The Morgan fingerprint density at radius 3 is 2.50 bits per heavy atom. The molecule has 0 radical (unpaired) electrons. The van der Waals surface area contributed by atoms with Crippen molar-refractivity contribution >= 4 is 40.6 Å². The van der Waals surface area contributed by atoms with Gasteiger partial charge < -0.3 is 29.9 Å². The fraction of sp³-hybridized carbons (Fsp3) is 0.367. The summed E-state index contributed by atoms with van der Waals surface area (Å²) in [7, 11) is 4.57. The number of carbonyl (C=O) groups is 4. The summed E-state index contributed by atoms with van der Waals surface area (Å²) in [5.74, 6) is -0.642. The molecule has 12 heteroatoms. The van der Waals surface area contributed by atoms with E-state index < -0.39 is 29.8 Å². The largest absolute Gasteiger partial charge is 0.464 e. The van der Waals surface area contributed by atoms with Crippen LogP contribution in [0, 0.1) is 5.92 Å². The van der Waals surface area contributed by atoms with Gasteiger partial charge in [0.2, 0.25) is 5.91 Å². The van der Waals surface area contributed by atoms with Crippen molar-refractivity contribution in [3.63, 3.8) is 0 Å². The molecule has 3 aromatic rings. The topological polar surface area (TPSA) is 152 Å². The Balaban J connectivity index is 1.87. The van der Waals surface area contributed by atoms with Crippen LogP contribution in [0.4, 0.5) is 15.3 Å². The van der Waals surface area contributed by atoms with Gasteiger partial charge in [-0.05, 0) is 55.0 Å². The molecule has 42 heavy (non-hydrogen) atoms. The first-order chi connectivity index (χ1) is 19.9. The van der Waals surface area contributed by atoms with Crippen molar-refractivity contribution in [2.45, 2.75) is 45.8 Å². The number of ether oxygens (including phenoxy) is 1. The minimum absolute atomic E-state index is 0.0620. The minimum atomic E-state index is -1.24. The molecule has 3 rings (SSSR count). The lowest BCUT2D eigenvalue weighted by Crippen LogP contribution is -2.37. The van der Waals surface area contributed by atoms with Gasteiger partial charge in [0.1, 0.15) is 5.69 Å². The fourth-order valence-electron chi connectivity index (χ4n) is 4.48. The molecular weight excluding hydrogens is 542 g/mol. The summed E-state index contributed by atoms with van der Waals surface area (Å²) < 4.78 is 7.70. The van der Waals surface area contributed by atoms with E-state index in [0.29, 0.717) is 23.5 Å². The normalized spacial score (nSPS) is 12.0. The Kier molecular flexibility index (Phi) is 10.7. The summed E-state index contributed by atoms with van der Waals surface area (Å²) >= 11 is 0. The monoisotopic (exact) mass is 579 g/mol. The number of carbonyl (C=O) groups excluding carboxylic acids is 3. The third-order valence-electron chi connectivity index (χ3n) is 6.46. The van der Waals surface area contributed by atoms with E-state index in [-0.39, 0.29) is 31.0 Å². The number of allylic oxidation sites excluding steroid dienone is 1. The number of hydrogen-bond acceptors (Lipinski definition) is 6. The van der Waals surface area contributed by atoms with Crippen molar-refractivity contribution in [1.29, 1.82) is 0 Å². The third kappa shape index (κ3) is 7.87. The molecule has 3 N–H and O–H groups in total. The maximum Gasteiger partial charge on any atom is 0.416 e. The van der Waals surface area contributed by atoms with Gasteiger partial charge in [-0.25, -0.2) is 14.2 Å². The van der Waals surface area contributed by atoms with E-state index in [9.17, 15) is 29.1 Å². The Hall–Kier alpha value is -4.87. The van der Waals surface area contributed by atoms with Gasteiger partial charge in [-0.2, -0.15) is 0 Å². The van der Waals surface area contributed by atoms with Crippen LogP contribution in [0.3, 0.4) is 0 Å². The molecule has 1 aromatic carbocycles. The smallest absolute Gasteiger partial charge is 0.416 e. The van der Waals surface area contributed by atoms with Crippen LogP contribution in [0.25, 0.3) is 10.9 Å². The number of para-hydroxylation sites is 1. The zero-order valence-electron chi connectivity index (χ0n) is 24.4. The molecule has 0 aliphatic rings. The Morgan fingerprint density at radius 1 is 1.12 bits per heavy atom. The SMILES string of the molecule is CNC(=O)OC(CC/C=C/C(=O)N(C)C)C(=O)Nc1cccn(Cc2cc3cccc(CC(C)C)c3n2C(=O)O)c1=O. The average molecular weight is 580 g/mol. The first-order valence-electron chi connectivity index (χ1n) is 13.5. The quantitative estimate of drug-likeness (QED) is 0.293. The molecule has 2 heterocycles. The summed E-state index contributed by atoms with van der Waals surface area (Å²) in [6, 6.07) is 10.3. The van der Waals surface area contributed by atoms with E-state index in [1.165, 1.54) is 39.4 Å². The zero-order chi connectivity index (χ0) is 31.0. The number of amides is 3. The number of benzene rings is 1. The number of nitrogens with zero attached hydrogens (tertiary/aromatic N) is 3. The van der Waals surface area contributed by atoms with Crippen molar-refractivity contribution in [2.24, 2.45) is 5.92 Å². The Labute approximate surface area is 243 Å². The lowest BCUT2D eigenvalue weighted by molar-refractivity contribution is -0.124. The lowest BCUT2D eigenvalue weighted by Gasteiger charge is -2.17. The summed E-state index contributed by atoms with van der Waals surface area (Å²) in [5.41, 5.74) is 1.24. The van der Waals surface area contributed by atoms with Crippen molar-refractivity contribution in [3.8, 4) is 0 Å². The number of alkyl carbamates (subject to hydrolysis) is 1. The van der Waals surface area contributed by atoms with Crippen LogP contribution in [0.5, 0.6) is 0 Å². The third-order valence-corrected chi connectivity index (χ3v) is 6.46. The molecule has 1 unspecified atom stereocenters. The van der Waals surface area contributed by atoms with Gasteiger partial charge in [0.25, 0.3) is 11.5 Å². The number of anilines is 1. The Morgan fingerprint density at radius 2 is 1.86 bits per heavy atom. The number of pyridine rings is 1. The summed E-state index contributed by atoms with van der Waals surface area (Å²) in [6.45, 7) is 4.05. The van der Waals surface area contributed by atoms with Crippen LogP contribution in [0.2, 0.25) is 0 Å². The molecule has 0 bridgehead atoms. The molecule has 2 aromatic heterocycles. The van der Waals surface area contributed by atoms with E-state index in [2.05, 4.69) is 24.5 Å². The number of likely N-dealkylation sites (N-methyl/N-ethyl adjacent to an activating group) is 1. The second kappa shape index (κ2) is 14.2. The van der Waals surface area contributed by atoms with Gasteiger partial charge >= 0.3 is 12.2 Å². The molecule has 3 amide bonds. The van der Waals surface area contributed by atoms with Crippen LogP contribution in [-0.2, 0) is 27.3 Å². The van der Waals surface area contributed by atoms with Crippen LogP contribution in [0.1, 0.15) is 37.9 Å². The lowest BCUT2D eigenvalue weighted by atomic mass is 10.0. The maximum absolute atomic E-state index is 13.3. The standard InChI is InChI=1S/C30H37N5O7/c1-19(2)16-20-10-8-11-21-17-22(35(26(20)21)30(40)41)18-34-15-9-12-23(28(34)38)32-27(37)24(42-29(39)31-3)13-6-7-14-25(36)33(4)5/h7-12,14-15,17,19,24H,6,13,16,18H2,1-5H3,(H,31,39)(H,32,37)(H,40,41)/b14-7+. The first-order valence-corrected chi connectivity index (χ1v) is 13.5. The number of rotatable bonds is 11. The maximum atomic E-state index is 13.3. The van der Waals surface area contributed by atoms with Gasteiger partial charge in [0.05, 0.1) is 17.8 Å². The Bertz CT molecular complexity index is 1550. The van der Waals surface area contributed by atoms with Gasteiger partial charge in [0.15, 0.2) is 6.10 Å². The first kappa shape index (κ1) is 31.7. The second-order valence-electron chi connectivity index (χ2n) is 10.4. The predicted molar refractivity (Wildman–Crippen MR) is 159 cm³/mol. The molecule has 0 fully saturated rings. The highest BCUT2D eigenvalue weighted by Crippen LogP contribution is 2.26. The number of fused-ring (bicyclic) bond motifs is 1.